The molecule has 6 heteroatoms. The molecule has 0 radical (unpaired) electrons. The molecule has 0 bridgehead atoms. The third-order valence-electron chi connectivity index (χ3n) is 4.39. The highest BCUT2D eigenvalue weighted by atomic mass is 32.1. The van der Waals surface area contributed by atoms with Crippen LogP contribution in [0, 0.1) is 13.8 Å². The lowest BCUT2D eigenvalue weighted by molar-refractivity contribution is -0.111. The van der Waals surface area contributed by atoms with Gasteiger partial charge in [-0.1, -0.05) is 30.4 Å². The first kappa shape index (κ1) is 19.9. The summed E-state index contributed by atoms with van der Waals surface area (Å²) in [6.07, 6.45) is 4.16. The van der Waals surface area contributed by atoms with Crippen molar-refractivity contribution in [3.8, 4) is 11.5 Å². The Hall–Kier alpha value is -2.86. The Morgan fingerprint density at radius 1 is 1.21 bits per heavy atom. The van der Waals surface area contributed by atoms with Gasteiger partial charge in [-0.2, -0.15) is 0 Å². The van der Waals surface area contributed by atoms with Gasteiger partial charge in [-0.05, 0) is 61.2 Å². The molecule has 1 amide bonds. The van der Waals surface area contributed by atoms with Crippen molar-refractivity contribution in [3.63, 3.8) is 0 Å². The molecule has 0 unspecified atom stereocenters. The van der Waals surface area contributed by atoms with E-state index in [1.807, 2.05) is 31.2 Å². The molecule has 1 heterocycles. The number of carbonyl (C=O) groups is 1. The van der Waals surface area contributed by atoms with Crippen molar-refractivity contribution in [1.29, 1.82) is 0 Å². The molecule has 0 aliphatic rings. The number of hydrogen-bond acceptors (Lipinski definition) is 5. The second kappa shape index (κ2) is 8.89. The summed E-state index contributed by atoms with van der Waals surface area (Å²) in [5.41, 5.74) is 4.13. The Balaban J connectivity index is 1.71. The fourth-order valence-corrected chi connectivity index (χ4v) is 3.65. The minimum Gasteiger partial charge on any atom is -0.493 e. The number of anilines is 1. The van der Waals surface area contributed by atoms with E-state index < -0.39 is 0 Å². The standard InChI is InChI=1S/C22H24N2O3S/c1-5-12-27-17-9-7-16(13-18(17)26-4)8-11-20(25)23-22-24-21-15(3)14(2)6-10-19(21)28-22/h6-11,13H,5,12H2,1-4H3,(H,23,24,25)/b11-8+. The van der Waals surface area contributed by atoms with E-state index in [9.17, 15) is 4.79 Å². The zero-order valence-corrected chi connectivity index (χ0v) is 17.4. The summed E-state index contributed by atoms with van der Waals surface area (Å²) in [6.45, 7) is 6.79. The molecule has 0 saturated carbocycles. The summed E-state index contributed by atoms with van der Waals surface area (Å²) in [5, 5.41) is 3.44. The summed E-state index contributed by atoms with van der Waals surface area (Å²) in [4.78, 5) is 16.8. The molecule has 3 aromatic rings. The van der Waals surface area contributed by atoms with Crippen LogP contribution >= 0.6 is 11.3 Å². The van der Waals surface area contributed by atoms with E-state index in [0.29, 0.717) is 23.2 Å². The third-order valence-corrected chi connectivity index (χ3v) is 5.33. The van der Waals surface area contributed by atoms with Gasteiger partial charge < -0.3 is 9.47 Å². The van der Waals surface area contributed by atoms with Crippen LogP contribution in [0.5, 0.6) is 11.5 Å². The molecule has 0 atom stereocenters. The molecule has 3 rings (SSSR count). The van der Waals surface area contributed by atoms with E-state index in [1.165, 1.54) is 23.0 Å². The van der Waals surface area contributed by atoms with Gasteiger partial charge in [0.05, 0.1) is 23.9 Å². The van der Waals surface area contributed by atoms with Crippen molar-refractivity contribution in [3.05, 3.63) is 53.1 Å². The van der Waals surface area contributed by atoms with E-state index >= 15 is 0 Å². The first-order valence-electron chi connectivity index (χ1n) is 9.18. The van der Waals surface area contributed by atoms with Crippen LogP contribution in [0.4, 0.5) is 5.13 Å². The van der Waals surface area contributed by atoms with Crippen LogP contribution in [0.15, 0.2) is 36.4 Å². The summed E-state index contributed by atoms with van der Waals surface area (Å²) < 4.78 is 12.1. The van der Waals surface area contributed by atoms with Crippen molar-refractivity contribution in [2.45, 2.75) is 27.2 Å². The number of nitrogens with one attached hydrogen (secondary N) is 1. The molecule has 5 nitrogen and oxygen atoms in total. The number of fused-ring (bicyclic) bond motifs is 1. The summed E-state index contributed by atoms with van der Waals surface area (Å²) in [5.74, 6) is 1.12. The number of aryl methyl sites for hydroxylation is 2. The quantitative estimate of drug-likeness (QED) is 0.546. The van der Waals surface area contributed by atoms with Crippen LogP contribution in [0.2, 0.25) is 0 Å². The average molecular weight is 397 g/mol. The number of amides is 1. The second-order valence-corrected chi connectivity index (χ2v) is 7.49. The van der Waals surface area contributed by atoms with E-state index in [2.05, 4.69) is 30.2 Å². The van der Waals surface area contributed by atoms with Gasteiger partial charge in [-0.3, -0.25) is 10.1 Å². The fraction of sp³-hybridized carbons (Fsp3) is 0.273. The molecular weight excluding hydrogens is 372 g/mol. The smallest absolute Gasteiger partial charge is 0.250 e. The van der Waals surface area contributed by atoms with Crippen molar-refractivity contribution in [2.24, 2.45) is 0 Å². The molecular formula is C22H24N2O3S. The monoisotopic (exact) mass is 396 g/mol. The van der Waals surface area contributed by atoms with Gasteiger partial charge in [-0.25, -0.2) is 4.98 Å². The Morgan fingerprint density at radius 3 is 2.79 bits per heavy atom. The van der Waals surface area contributed by atoms with Crippen LogP contribution in [0.25, 0.3) is 16.3 Å². The molecule has 0 fully saturated rings. The Morgan fingerprint density at radius 2 is 2.04 bits per heavy atom. The molecule has 146 valence electrons. The topological polar surface area (TPSA) is 60.5 Å². The summed E-state index contributed by atoms with van der Waals surface area (Å²) in [6, 6.07) is 9.70. The highest BCUT2D eigenvalue weighted by molar-refractivity contribution is 7.22. The molecule has 1 aromatic heterocycles. The first-order valence-corrected chi connectivity index (χ1v) is 10.00. The molecule has 1 N–H and O–H groups in total. The van der Waals surface area contributed by atoms with Gasteiger partial charge >= 0.3 is 0 Å². The number of methoxy groups -OCH3 is 1. The largest absolute Gasteiger partial charge is 0.493 e. The summed E-state index contributed by atoms with van der Waals surface area (Å²) >= 11 is 1.47. The maximum Gasteiger partial charge on any atom is 0.250 e. The summed E-state index contributed by atoms with van der Waals surface area (Å²) in [7, 11) is 1.60. The predicted octanol–water partition coefficient (Wildman–Crippen LogP) is 5.36. The van der Waals surface area contributed by atoms with Crippen LogP contribution in [-0.2, 0) is 4.79 Å². The number of thiazole rings is 1. The van der Waals surface area contributed by atoms with Gasteiger partial charge in [0.2, 0.25) is 5.91 Å². The van der Waals surface area contributed by atoms with E-state index in [0.717, 1.165) is 27.8 Å². The Labute approximate surface area is 169 Å². The van der Waals surface area contributed by atoms with E-state index in [4.69, 9.17) is 9.47 Å². The van der Waals surface area contributed by atoms with Crippen LogP contribution in [-0.4, -0.2) is 24.6 Å². The normalized spacial score (nSPS) is 11.1. The Kier molecular flexibility index (Phi) is 6.31. The average Bonchev–Trinajstić information content (AvgIpc) is 3.11. The molecule has 28 heavy (non-hydrogen) atoms. The molecule has 0 saturated heterocycles. The number of benzene rings is 2. The van der Waals surface area contributed by atoms with Gasteiger partial charge in [0.1, 0.15) is 0 Å². The molecule has 2 aromatic carbocycles. The van der Waals surface area contributed by atoms with Crippen LogP contribution in [0.1, 0.15) is 30.0 Å². The minimum absolute atomic E-state index is 0.223. The predicted molar refractivity (Wildman–Crippen MR) is 116 cm³/mol. The highest BCUT2D eigenvalue weighted by Crippen LogP contribution is 2.30. The number of ether oxygens (including phenoxy) is 2. The minimum atomic E-state index is -0.223. The molecule has 0 spiro atoms. The fourth-order valence-electron chi connectivity index (χ4n) is 2.72. The number of aromatic nitrogens is 1. The number of carbonyl (C=O) groups excluding carboxylic acids is 1. The zero-order valence-electron chi connectivity index (χ0n) is 16.5. The van der Waals surface area contributed by atoms with Gasteiger partial charge in [0.15, 0.2) is 16.6 Å². The molecule has 0 aliphatic carbocycles. The highest BCUT2D eigenvalue weighted by Gasteiger charge is 2.09. The van der Waals surface area contributed by atoms with Gasteiger partial charge in [0.25, 0.3) is 0 Å². The maximum absolute atomic E-state index is 12.3. The zero-order chi connectivity index (χ0) is 20.1. The Bertz CT molecular complexity index is 1020. The number of nitrogens with zero attached hydrogens (tertiary/aromatic N) is 1. The van der Waals surface area contributed by atoms with E-state index in [1.54, 1.807) is 13.2 Å². The SMILES string of the molecule is CCCOc1ccc(/C=C/C(=O)Nc2nc3c(C)c(C)ccc3s2)cc1OC. The van der Waals surface area contributed by atoms with Gasteiger partial charge in [-0.15, -0.1) is 0 Å². The van der Waals surface area contributed by atoms with Crippen LogP contribution in [0.3, 0.4) is 0 Å². The van der Waals surface area contributed by atoms with E-state index in [-0.39, 0.29) is 5.91 Å². The lowest BCUT2D eigenvalue weighted by atomic mass is 10.1. The molecule has 0 aliphatic heterocycles. The lowest BCUT2D eigenvalue weighted by Gasteiger charge is -2.10. The number of hydrogen-bond donors (Lipinski definition) is 1. The third kappa shape index (κ3) is 4.51. The van der Waals surface area contributed by atoms with Crippen molar-refractivity contribution < 1.29 is 14.3 Å². The van der Waals surface area contributed by atoms with Crippen molar-refractivity contribution in [1.82, 2.24) is 4.98 Å². The number of rotatable bonds is 7. The lowest BCUT2D eigenvalue weighted by Crippen LogP contribution is -2.07. The second-order valence-electron chi connectivity index (χ2n) is 6.45. The van der Waals surface area contributed by atoms with Crippen molar-refractivity contribution in [2.75, 3.05) is 19.0 Å². The first-order chi connectivity index (χ1) is 13.5. The van der Waals surface area contributed by atoms with Gasteiger partial charge in [0, 0.05) is 6.08 Å². The van der Waals surface area contributed by atoms with Crippen molar-refractivity contribution >= 4 is 38.7 Å². The van der Waals surface area contributed by atoms with Crippen LogP contribution < -0.4 is 14.8 Å². The maximum atomic E-state index is 12.3.